The molecule has 6 rings (SSSR count). The first-order valence-corrected chi connectivity index (χ1v) is 20.1. The number of imidazole rings is 2. The van der Waals surface area contributed by atoms with Crippen LogP contribution >= 0.6 is 0 Å². The molecule has 0 bridgehead atoms. The molecule has 16 nitrogen and oxygen atoms in total. The number of benzene rings is 2. The van der Waals surface area contributed by atoms with Crippen molar-refractivity contribution in [1.29, 1.82) is 0 Å². The molecule has 2 aromatic carbocycles. The van der Waals surface area contributed by atoms with Gasteiger partial charge in [-0.3, -0.25) is 9.59 Å². The number of aromatic nitrogens is 4. The minimum Gasteiger partial charge on any atom is -0.495 e. The molecule has 0 spiro atoms. The number of nitrogens with one attached hydrogen (secondary N) is 4. The van der Waals surface area contributed by atoms with Crippen LogP contribution in [0.4, 0.5) is 9.59 Å². The number of aryl methyl sites for hydroxylation is 1. The van der Waals surface area contributed by atoms with Crippen molar-refractivity contribution in [2.45, 2.75) is 83.0 Å². The number of ether oxygens (including phenoxy) is 4. The van der Waals surface area contributed by atoms with Crippen LogP contribution in [-0.4, -0.2) is 102 Å². The largest absolute Gasteiger partial charge is 0.495 e. The van der Waals surface area contributed by atoms with Gasteiger partial charge in [-0.1, -0.05) is 50.7 Å². The van der Waals surface area contributed by atoms with E-state index in [4.69, 9.17) is 23.9 Å². The first kappa shape index (κ1) is 42.5. The van der Waals surface area contributed by atoms with E-state index in [2.05, 4.69) is 37.8 Å². The Labute approximate surface area is 344 Å². The molecule has 2 aliphatic heterocycles. The number of carbonyl (C=O) groups is 4. The van der Waals surface area contributed by atoms with Gasteiger partial charge in [-0.05, 0) is 61.8 Å². The highest BCUT2D eigenvalue weighted by Crippen LogP contribution is 2.35. The number of methoxy groups -OCH3 is 3. The van der Waals surface area contributed by atoms with Crippen molar-refractivity contribution in [2.24, 2.45) is 13.0 Å². The van der Waals surface area contributed by atoms with Crippen LogP contribution in [0.15, 0.2) is 42.6 Å². The molecule has 2 fully saturated rings. The van der Waals surface area contributed by atoms with Crippen LogP contribution in [0, 0.1) is 17.8 Å². The van der Waals surface area contributed by atoms with Gasteiger partial charge in [-0.2, -0.15) is 0 Å². The van der Waals surface area contributed by atoms with Gasteiger partial charge in [-0.15, -0.1) is 0 Å². The molecular formula is C43H54N8O8. The number of hydrogen-bond acceptors (Lipinski definition) is 10. The Morgan fingerprint density at radius 2 is 1.73 bits per heavy atom. The first-order valence-electron chi connectivity index (χ1n) is 20.1. The first-order chi connectivity index (χ1) is 28.5. The monoisotopic (exact) mass is 810 g/mol. The Balaban J connectivity index is 1.18. The summed E-state index contributed by atoms with van der Waals surface area (Å²) in [4.78, 5) is 65.9. The average Bonchev–Trinajstić information content (AvgIpc) is 4.00. The fraction of sp³-hybridized carbons (Fsp3) is 0.488. The Morgan fingerprint density at radius 3 is 2.46 bits per heavy atom. The van der Waals surface area contributed by atoms with Crippen LogP contribution < -0.4 is 20.7 Å². The maximum absolute atomic E-state index is 13.8. The summed E-state index contributed by atoms with van der Waals surface area (Å²) in [5, 5.41) is 8.41. The third kappa shape index (κ3) is 10.1. The lowest BCUT2D eigenvalue weighted by molar-refractivity contribution is -0.135. The second kappa shape index (κ2) is 19.6. The number of likely N-dealkylation sites (tertiary alicyclic amines) is 1. The topological polar surface area (TPSA) is 191 Å². The smallest absolute Gasteiger partial charge is 0.407 e. The molecule has 4 aromatic rings. The second-order valence-corrected chi connectivity index (χ2v) is 15.1. The van der Waals surface area contributed by atoms with Crippen LogP contribution in [0.3, 0.4) is 0 Å². The lowest BCUT2D eigenvalue weighted by Crippen LogP contribution is -2.51. The van der Waals surface area contributed by atoms with Crippen molar-refractivity contribution in [3.8, 4) is 28.8 Å². The fourth-order valence-electron chi connectivity index (χ4n) is 7.56. The zero-order valence-electron chi connectivity index (χ0n) is 34.6. The second-order valence-electron chi connectivity index (χ2n) is 15.1. The molecule has 2 aliphatic rings. The molecule has 16 heteroatoms. The number of carbonyl (C=O) groups excluding carboxylic acids is 4. The van der Waals surface area contributed by atoms with E-state index in [9.17, 15) is 19.2 Å². The molecule has 0 unspecified atom stereocenters. The van der Waals surface area contributed by atoms with Gasteiger partial charge < -0.3 is 49.3 Å². The van der Waals surface area contributed by atoms with Crippen molar-refractivity contribution >= 4 is 35.0 Å². The van der Waals surface area contributed by atoms with E-state index in [-0.39, 0.29) is 23.8 Å². The van der Waals surface area contributed by atoms with E-state index < -0.39 is 30.3 Å². The summed E-state index contributed by atoms with van der Waals surface area (Å²) in [6, 6.07) is 9.39. The lowest BCUT2D eigenvalue weighted by atomic mass is 10.0. The van der Waals surface area contributed by atoms with E-state index >= 15 is 0 Å². The quantitative estimate of drug-likeness (QED) is 0.171. The van der Waals surface area contributed by atoms with Gasteiger partial charge in [0.05, 0.1) is 61.9 Å². The Hall–Kier alpha value is -6.08. The molecule has 4 amide bonds. The minimum absolute atomic E-state index is 0.136. The summed E-state index contributed by atoms with van der Waals surface area (Å²) in [7, 11) is 6.09. The summed E-state index contributed by atoms with van der Waals surface area (Å²) < 4.78 is 23.1. The van der Waals surface area contributed by atoms with E-state index in [0.717, 1.165) is 65.8 Å². The van der Waals surface area contributed by atoms with Crippen LogP contribution in [0.5, 0.6) is 5.75 Å². The Kier molecular flexibility index (Phi) is 14.1. The number of hydrogen-bond donors (Lipinski definition) is 4. The fourth-order valence-corrected chi connectivity index (χ4v) is 7.56. The SMILES string of the molecule is COC(=O)N[C@H]1CCCCCOCC[C@@H](c2ncc(-c3ccc(C#Cc4cc5nc([C@@H]6CCCN6C(=O)[C@@H](NC(=O)OC)C(C)C)n(C)c5cc4OC)cc3)[nH]2)NC1=O. The molecule has 59 heavy (non-hydrogen) atoms. The lowest BCUT2D eigenvalue weighted by Gasteiger charge is -2.30. The van der Waals surface area contributed by atoms with Gasteiger partial charge in [0.15, 0.2) is 0 Å². The average molecular weight is 811 g/mol. The molecule has 314 valence electrons. The molecule has 2 saturated heterocycles. The highest BCUT2D eigenvalue weighted by Gasteiger charge is 2.38. The molecule has 2 aromatic heterocycles. The predicted molar refractivity (Wildman–Crippen MR) is 219 cm³/mol. The number of H-pyrrole nitrogens is 1. The van der Waals surface area contributed by atoms with Gasteiger partial charge in [0, 0.05) is 38.4 Å². The number of alkyl carbamates (subject to hydrolysis) is 2. The highest BCUT2D eigenvalue weighted by molar-refractivity contribution is 5.87. The zero-order valence-corrected chi connectivity index (χ0v) is 34.6. The predicted octanol–water partition coefficient (Wildman–Crippen LogP) is 5.28. The van der Waals surface area contributed by atoms with Crippen molar-refractivity contribution in [1.82, 2.24) is 40.4 Å². The molecule has 4 N–H and O–H groups in total. The van der Waals surface area contributed by atoms with Crippen LogP contribution in [-0.2, 0) is 30.8 Å². The maximum atomic E-state index is 13.8. The number of fused-ring (bicyclic) bond motifs is 1. The van der Waals surface area contributed by atoms with Crippen molar-refractivity contribution < 1.29 is 38.1 Å². The van der Waals surface area contributed by atoms with E-state index in [1.807, 2.05) is 66.8 Å². The van der Waals surface area contributed by atoms with Crippen molar-refractivity contribution in [2.75, 3.05) is 41.1 Å². The standard InChI is InChI=1S/C43H54N8O8/c1-26(2)37(49-43(55)58-6)41(53)51-20-10-12-34(51)39-46-32-23-29(36(56-4)24-35(32)50(39)3)18-15-27-13-16-28(17-14-27)33-25-44-38(45-33)30-19-22-59-21-9-7-8-11-31(40(52)47-30)48-42(54)57-5/h13-14,16-17,23-26,30-31,34,37H,7-12,19-22H2,1-6H3,(H,44,45)(H,47,52)(H,48,54)(H,49,55)/t30-,31-,34-,37-/m0/s1. The molecular weight excluding hydrogens is 757 g/mol. The van der Waals surface area contributed by atoms with Crippen LogP contribution in [0.25, 0.3) is 22.3 Å². The molecule has 0 radical (unpaired) electrons. The van der Waals surface area contributed by atoms with Gasteiger partial charge in [0.25, 0.3) is 0 Å². The van der Waals surface area contributed by atoms with Crippen LogP contribution in [0.2, 0.25) is 0 Å². The third-order valence-corrected chi connectivity index (χ3v) is 10.9. The highest BCUT2D eigenvalue weighted by atomic mass is 16.5. The van der Waals surface area contributed by atoms with E-state index in [1.54, 1.807) is 13.3 Å². The Bertz CT molecular complexity index is 2190. The van der Waals surface area contributed by atoms with E-state index in [0.29, 0.717) is 49.7 Å². The zero-order chi connectivity index (χ0) is 42.1. The van der Waals surface area contributed by atoms with Gasteiger partial charge >= 0.3 is 12.2 Å². The number of nitrogens with zero attached hydrogens (tertiary/aromatic N) is 4. The van der Waals surface area contributed by atoms with Crippen LogP contribution in [0.1, 0.15) is 93.7 Å². The number of amides is 4. The summed E-state index contributed by atoms with van der Waals surface area (Å²) >= 11 is 0. The third-order valence-electron chi connectivity index (χ3n) is 10.9. The van der Waals surface area contributed by atoms with Gasteiger partial charge in [-0.25, -0.2) is 19.6 Å². The molecule has 0 saturated carbocycles. The summed E-state index contributed by atoms with van der Waals surface area (Å²) in [6.07, 6.45) is 5.51. The van der Waals surface area contributed by atoms with Crippen molar-refractivity contribution in [3.05, 3.63) is 65.4 Å². The van der Waals surface area contributed by atoms with Crippen molar-refractivity contribution in [3.63, 3.8) is 0 Å². The summed E-state index contributed by atoms with van der Waals surface area (Å²) in [6.45, 7) is 5.42. The van der Waals surface area contributed by atoms with E-state index in [1.165, 1.54) is 14.2 Å². The molecule has 4 atom stereocenters. The summed E-state index contributed by atoms with van der Waals surface area (Å²) in [5.74, 6) is 7.83. The molecule has 0 aliphatic carbocycles. The Morgan fingerprint density at radius 1 is 0.949 bits per heavy atom. The molecule has 4 heterocycles. The summed E-state index contributed by atoms with van der Waals surface area (Å²) in [5.41, 5.74) is 4.68. The normalized spacial score (nSPS) is 19.4. The number of rotatable bonds is 8. The minimum atomic E-state index is -0.724. The van der Waals surface area contributed by atoms with Gasteiger partial charge in [0.1, 0.15) is 29.5 Å². The maximum Gasteiger partial charge on any atom is 0.407 e. The number of aromatic amines is 1. The van der Waals surface area contributed by atoms with Gasteiger partial charge in [0.2, 0.25) is 11.8 Å².